The maximum atomic E-state index is 10.2. The van der Waals surface area contributed by atoms with Crippen molar-refractivity contribution in [1.82, 2.24) is 0 Å². The Bertz CT molecular complexity index is 260. The Morgan fingerprint density at radius 3 is 2.45 bits per heavy atom. The number of carbonyl (C=O) groups is 1. The van der Waals surface area contributed by atoms with Crippen LogP contribution in [-0.4, -0.2) is 5.97 Å². The number of carboxylic acid groups (broad SMARTS) is 1. The molecule has 3 nitrogen and oxygen atoms in total. The monoisotopic (exact) mass is 153 g/mol. The molecule has 0 N–H and O–H groups in total. The van der Waals surface area contributed by atoms with Crippen LogP contribution in [0.25, 0.3) is 0 Å². The van der Waals surface area contributed by atoms with E-state index in [1.54, 1.807) is 6.07 Å². The number of aromatic carboxylic acids is 1. The maximum absolute atomic E-state index is 10.2. The van der Waals surface area contributed by atoms with Crippen molar-refractivity contribution < 1.29 is 14.3 Å². The molecule has 60 valence electrons. The average Bonchev–Trinajstić information content (AvgIpc) is 2.33. The van der Waals surface area contributed by atoms with E-state index in [2.05, 4.69) is 0 Å². The van der Waals surface area contributed by atoms with Gasteiger partial charge >= 0.3 is 0 Å². The minimum absolute atomic E-state index is 0.103. The van der Waals surface area contributed by atoms with Gasteiger partial charge in [-0.15, -0.1) is 0 Å². The fourth-order valence-electron chi connectivity index (χ4n) is 0.773. The minimum Gasteiger partial charge on any atom is -0.542 e. The molecule has 1 rings (SSSR count). The summed E-state index contributed by atoms with van der Waals surface area (Å²) in [5.41, 5.74) is 0. The van der Waals surface area contributed by atoms with E-state index in [0.29, 0.717) is 5.76 Å². The van der Waals surface area contributed by atoms with E-state index < -0.39 is 5.97 Å². The van der Waals surface area contributed by atoms with E-state index in [1.807, 2.05) is 13.8 Å². The van der Waals surface area contributed by atoms with Gasteiger partial charge < -0.3 is 14.3 Å². The van der Waals surface area contributed by atoms with Crippen LogP contribution < -0.4 is 5.11 Å². The van der Waals surface area contributed by atoms with Crippen LogP contribution in [0.15, 0.2) is 16.5 Å². The fourth-order valence-corrected chi connectivity index (χ4v) is 0.773. The van der Waals surface area contributed by atoms with E-state index in [-0.39, 0.29) is 11.7 Å². The zero-order valence-corrected chi connectivity index (χ0v) is 6.46. The van der Waals surface area contributed by atoms with Gasteiger partial charge in [0.25, 0.3) is 0 Å². The number of carboxylic acids is 1. The van der Waals surface area contributed by atoms with Crippen molar-refractivity contribution in [1.29, 1.82) is 0 Å². The Morgan fingerprint density at radius 1 is 1.55 bits per heavy atom. The SMILES string of the molecule is CC(C)c1ccc(C(=O)[O-])o1. The van der Waals surface area contributed by atoms with E-state index in [1.165, 1.54) is 6.07 Å². The summed E-state index contributed by atoms with van der Waals surface area (Å²) in [6.45, 7) is 3.86. The summed E-state index contributed by atoms with van der Waals surface area (Å²) in [7, 11) is 0. The predicted octanol–water partition coefficient (Wildman–Crippen LogP) is 0.767. The third kappa shape index (κ3) is 1.61. The lowest BCUT2D eigenvalue weighted by atomic mass is 10.2. The molecule has 0 atom stereocenters. The number of furan rings is 1. The predicted molar refractivity (Wildman–Crippen MR) is 37.1 cm³/mol. The van der Waals surface area contributed by atoms with Crippen molar-refractivity contribution in [3.63, 3.8) is 0 Å². The smallest absolute Gasteiger partial charge is 0.149 e. The van der Waals surface area contributed by atoms with Gasteiger partial charge in [0.1, 0.15) is 17.5 Å². The highest BCUT2D eigenvalue weighted by Crippen LogP contribution is 2.16. The molecule has 11 heavy (non-hydrogen) atoms. The van der Waals surface area contributed by atoms with E-state index in [4.69, 9.17) is 4.42 Å². The van der Waals surface area contributed by atoms with Gasteiger partial charge in [-0.1, -0.05) is 13.8 Å². The standard InChI is InChI=1S/C8H10O3/c1-5(2)6-3-4-7(11-6)8(9)10/h3-5H,1-2H3,(H,9,10)/p-1. The summed E-state index contributed by atoms with van der Waals surface area (Å²) in [5.74, 6) is -0.488. The molecule has 0 bridgehead atoms. The molecule has 0 unspecified atom stereocenters. The van der Waals surface area contributed by atoms with E-state index in [9.17, 15) is 9.90 Å². The lowest BCUT2D eigenvalue weighted by Gasteiger charge is -1.99. The largest absolute Gasteiger partial charge is 0.542 e. The van der Waals surface area contributed by atoms with Crippen molar-refractivity contribution >= 4 is 5.97 Å². The molecule has 0 saturated heterocycles. The van der Waals surface area contributed by atoms with Gasteiger partial charge in [0.2, 0.25) is 0 Å². The summed E-state index contributed by atoms with van der Waals surface area (Å²) in [5, 5.41) is 10.2. The van der Waals surface area contributed by atoms with Gasteiger partial charge in [-0.25, -0.2) is 0 Å². The molecular weight excluding hydrogens is 144 g/mol. The molecule has 1 aromatic heterocycles. The van der Waals surface area contributed by atoms with Gasteiger partial charge in [0.05, 0.1) is 0 Å². The van der Waals surface area contributed by atoms with Crippen LogP contribution in [-0.2, 0) is 0 Å². The third-order valence-corrected chi connectivity index (χ3v) is 1.40. The molecule has 0 radical (unpaired) electrons. The van der Waals surface area contributed by atoms with Crippen LogP contribution in [0.4, 0.5) is 0 Å². The molecule has 0 amide bonds. The lowest BCUT2D eigenvalue weighted by Crippen LogP contribution is -2.21. The third-order valence-electron chi connectivity index (χ3n) is 1.40. The zero-order valence-electron chi connectivity index (χ0n) is 6.46. The summed E-state index contributed by atoms with van der Waals surface area (Å²) < 4.78 is 4.94. The highest BCUT2D eigenvalue weighted by atomic mass is 16.4. The highest BCUT2D eigenvalue weighted by molar-refractivity contribution is 5.82. The van der Waals surface area contributed by atoms with Crippen LogP contribution in [0.3, 0.4) is 0 Å². The highest BCUT2D eigenvalue weighted by Gasteiger charge is 2.05. The summed E-state index contributed by atoms with van der Waals surface area (Å²) >= 11 is 0. The Kier molecular flexibility index (Phi) is 1.98. The van der Waals surface area contributed by atoms with Gasteiger partial charge in [-0.2, -0.15) is 0 Å². The molecule has 0 aliphatic heterocycles. The molecule has 0 fully saturated rings. The van der Waals surface area contributed by atoms with Crippen molar-refractivity contribution in [2.24, 2.45) is 0 Å². The maximum Gasteiger partial charge on any atom is 0.149 e. The first kappa shape index (κ1) is 7.85. The van der Waals surface area contributed by atoms with Crippen molar-refractivity contribution in [3.05, 3.63) is 23.7 Å². The molecule has 0 aliphatic rings. The summed E-state index contributed by atoms with van der Waals surface area (Å²) in [6, 6.07) is 3.06. The summed E-state index contributed by atoms with van der Waals surface area (Å²) in [4.78, 5) is 10.2. The number of hydrogen-bond acceptors (Lipinski definition) is 3. The lowest BCUT2D eigenvalue weighted by molar-refractivity contribution is -0.257. The van der Waals surface area contributed by atoms with E-state index >= 15 is 0 Å². The Morgan fingerprint density at radius 2 is 2.18 bits per heavy atom. The first-order valence-electron chi connectivity index (χ1n) is 3.42. The number of carbonyl (C=O) groups excluding carboxylic acids is 1. The van der Waals surface area contributed by atoms with Crippen LogP contribution in [0.1, 0.15) is 36.1 Å². The fraction of sp³-hybridized carbons (Fsp3) is 0.375. The second-order valence-electron chi connectivity index (χ2n) is 2.64. The first-order chi connectivity index (χ1) is 5.11. The Hall–Kier alpha value is -1.25. The van der Waals surface area contributed by atoms with Gasteiger partial charge in [-0.05, 0) is 12.1 Å². The first-order valence-corrected chi connectivity index (χ1v) is 3.42. The quantitative estimate of drug-likeness (QED) is 0.630. The topological polar surface area (TPSA) is 53.3 Å². The van der Waals surface area contributed by atoms with Gasteiger partial charge in [0, 0.05) is 5.92 Å². The number of rotatable bonds is 2. The van der Waals surface area contributed by atoms with Gasteiger partial charge in [0.15, 0.2) is 0 Å². The van der Waals surface area contributed by atoms with Crippen LogP contribution in [0.5, 0.6) is 0 Å². The van der Waals surface area contributed by atoms with Crippen molar-refractivity contribution in [3.8, 4) is 0 Å². The second kappa shape index (κ2) is 2.78. The van der Waals surface area contributed by atoms with E-state index in [0.717, 1.165) is 0 Å². The molecule has 1 aromatic rings. The molecule has 3 heteroatoms. The normalized spacial score (nSPS) is 10.5. The molecular formula is C8H9O3-. The van der Waals surface area contributed by atoms with Crippen molar-refractivity contribution in [2.45, 2.75) is 19.8 Å². The molecule has 0 aromatic carbocycles. The molecule has 1 heterocycles. The number of hydrogen-bond donors (Lipinski definition) is 0. The van der Waals surface area contributed by atoms with Crippen molar-refractivity contribution in [2.75, 3.05) is 0 Å². The summed E-state index contributed by atoms with van der Waals surface area (Å²) in [6.07, 6.45) is 0. The minimum atomic E-state index is -1.27. The van der Waals surface area contributed by atoms with Crippen LogP contribution in [0.2, 0.25) is 0 Å². The van der Waals surface area contributed by atoms with Crippen LogP contribution in [0, 0.1) is 0 Å². The second-order valence-corrected chi connectivity index (χ2v) is 2.64. The molecule has 0 saturated carbocycles. The molecule has 0 aliphatic carbocycles. The van der Waals surface area contributed by atoms with Crippen LogP contribution >= 0.6 is 0 Å². The molecule has 0 spiro atoms. The Labute approximate surface area is 64.6 Å². The average molecular weight is 153 g/mol. The zero-order chi connectivity index (χ0) is 8.43. The Balaban J connectivity index is 2.90. The van der Waals surface area contributed by atoms with Gasteiger partial charge in [-0.3, -0.25) is 0 Å².